The molecule has 0 aromatic heterocycles. The van der Waals surface area contributed by atoms with Gasteiger partial charge in [-0.1, -0.05) is 6.92 Å². The summed E-state index contributed by atoms with van der Waals surface area (Å²) in [5.74, 6) is 1.27. The average Bonchev–Trinajstić information content (AvgIpc) is 2.12. The van der Waals surface area contributed by atoms with Crippen molar-refractivity contribution in [2.24, 2.45) is 5.73 Å². The fraction of sp³-hybridized carbons (Fsp3) is 1.00. The van der Waals surface area contributed by atoms with Crippen molar-refractivity contribution in [1.29, 1.82) is 0 Å². The molecule has 0 aromatic carbocycles. The minimum atomic E-state index is 0.396. The molecule has 14 heavy (non-hydrogen) atoms. The molecule has 0 aromatic rings. The number of hydrogen-bond donors (Lipinski definition) is 1. The van der Waals surface area contributed by atoms with Gasteiger partial charge in [0.15, 0.2) is 0 Å². The predicted octanol–water partition coefficient (Wildman–Crippen LogP) is 1.94. The predicted molar refractivity (Wildman–Crippen MR) is 65.9 cm³/mol. The van der Waals surface area contributed by atoms with Gasteiger partial charge in [-0.3, -0.25) is 0 Å². The van der Waals surface area contributed by atoms with Gasteiger partial charge in [0.25, 0.3) is 0 Å². The molecule has 0 spiro atoms. The molecule has 0 amide bonds. The summed E-state index contributed by atoms with van der Waals surface area (Å²) in [5.41, 5.74) is 5.93. The van der Waals surface area contributed by atoms with Crippen LogP contribution in [0.15, 0.2) is 0 Å². The Hall–Kier alpha value is 0.270. The number of hydrogen-bond acceptors (Lipinski definition) is 3. The SMILES string of the molecule is CCC(N)CCN1CCSC(C)(C)C1. The van der Waals surface area contributed by atoms with E-state index in [0.717, 1.165) is 12.8 Å². The first-order valence-electron chi connectivity index (χ1n) is 5.65. The monoisotopic (exact) mass is 216 g/mol. The van der Waals surface area contributed by atoms with Crippen molar-refractivity contribution in [2.45, 2.75) is 44.4 Å². The number of thioether (sulfide) groups is 1. The quantitative estimate of drug-likeness (QED) is 0.779. The first-order chi connectivity index (χ1) is 6.53. The largest absolute Gasteiger partial charge is 0.328 e. The van der Waals surface area contributed by atoms with Gasteiger partial charge in [0, 0.05) is 29.6 Å². The zero-order chi connectivity index (χ0) is 10.6. The lowest BCUT2D eigenvalue weighted by Crippen LogP contribution is -2.44. The second kappa shape index (κ2) is 5.38. The fourth-order valence-electron chi connectivity index (χ4n) is 1.86. The molecule has 1 heterocycles. The maximum atomic E-state index is 5.93. The van der Waals surface area contributed by atoms with Crippen molar-refractivity contribution < 1.29 is 0 Å². The van der Waals surface area contributed by atoms with Crippen molar-refractivity contribution in [3.8, 4) is 0 Å². The van der Waals surface area contributed by atoms with E-state index in [1.165, 1.54) is 25.4 Å². The van der Waals surface area contributed by atoms with Gasteiger partial charge in [0.1, 0.15) is 0 Å². The molecular weight excluding hydrogens is 192 g/mol. The number of rotatable bonds is 4. The van der Waals surface area contributed by atoms with Gasteiger partial charge in [0.2, 0.25) is 0 Å². The van der Waals surface area contributed by atoms with Crippen molar-refractivity contribution in [1.82, 2.24) is 4.90 Å². The Bertz CT molecular complexity index is 171. The van der Waals surface area contributed by atoms with Crippen LogP contribution in [0.1, 0.15) is 33.6 Å². The Balaban J connectivity index is 2.24. The molecule has 1 unspecified atom stereocenters. The maximum absolute atomic E-state index is 5.93. The lowest BCUT2D eigenvalue weighted by molar-refractivity contribution is 0.250. The molecule has 2 N–H and O–H groups in total. The third-order valence-corrected chi connectivity index (χ3v) is 4.14. The van der Waals surface area contributed by atoms with Crippen molar-refractivity contribution in [3.63, 3.8) is 0 Å². The smallest absolute Gasteiger partial charge is 0.0231 e. The summed E-state index contributed by atoms with van der Waals surface area (Å²) < 4.78 is 0.439. The van der Waals surface area contributed by atoms with E-state index in [-0.39, 0.29) is 0 Å². The Labute approximate surface area is 92.6 Å². The minimum absolute atomic E-state index is 0.396. The Kier molecular flexibility index (Phi) is 4.74. The van der Waals surface area contributed by atoms with E-state index in [1.54, 1.807) is 0 Å². The molecule has 0 bridgehead atoms. The van der Waals surface area contributed by atoms with Crippen molar-refractivity contribution in [2.75, 3.05) is 25.4 Å². The molecule has 0 saturated carbocycles. The van der Waals surface area contributed by atoms with Gasteiger partial charge in [-0.25, -0.2) is 0 Å². The van der Waals surface area contributed by atoms with Crippen LogP contribution < -0.4 is 5.73 Å². The first-order valence-corrected chi connectivity index (χ1v) is 6.64. The lowest BCUT2D eigenvalue weighted by atomic mass is 10.1. The summed E-state index contributed by atoms with van der Waals surface area (Å²) in [6.45, 7) is 10.5. The molecule has 0 radical (unpaired) electrons. The normalized spacial score (nSPS) is 24.9. The van der Waals surface area contributed by atoms with E-state index >= 15 is 0 Å². The van der Waals surface area contributed by atoms with Crippen molar-refractivity contribution in [3.05, 3.63) is 0 Å². The zero-order valence-corrected chi connectivity index (χ0v) is 10.6. The van der Waals surface area contributed by atoms with Crippen LogP contribution in [-0.2, 0) is 0 Å². The van der Waals surface area contributed by atoms with Crippen LogP contribution in [-0.4, -0.2) is 41.1 Å². The molecule has 0 aliphatic carbocycles. The zero-order valence-electron chi connectivity index (χ0n) is 9.75. The van der Waals surface area contributed by atoms with Crippen molar-refractivity contribution >= 4 is 11.8 Å². The Morgan fingerprint density at radius 1 is 1.50 bits per heavy atom. The summed E-state index contributed by atoms with van der Waals surface area (Å²) >= 11 is 2.09. The molecule has 3 heteroatoms. The van der Waals surface area contributed by atoms with Gasteiger partial charge in [-0.15, -0.1) is 0 Å². The summed E-state index contributed by atoms with van der Waals surface area (Å²) in [7, 11) is 0. The summed E-state index contributed by atoms with van der Waals surface area (Å²) in [6, 6.07) is 0.396. The fourth-order valence-corrected chi connectivity index (χ4v) is 3.03. The number of nitrogens with zero attached hydrogens (tertiary/aromatic N) is 1. The van der Waals surface area contributed by atoms with Gasteiger partial charge in [-0.2, -0.15) is 11.8 Å². The van der Waals surface area contributed by atoms with Gasteiger partial charge >= 0.3 is 0 Å². The highest BCUT2D eigenvalue weighted by molar-refractivity contribution is 8.00. The summed E-state index contributed by atoms with van der Waals surface area (Å²) in [4.78, 5) is 2.56. The van der Waals surface area contributed by atoms with E-state index in [9.17, 15) is 0 Å². The highest BCUT2D eigenvalue weighted by atomic mass is 32.2. The van der Waals surface area contributed by atoms with E-state index in [2.05, 4.69) is 37.4 Å². The van der Waals surface area contributed by atoms with Crippen LogP contribution in [0.25, 0.3) is 0 Å². The topological polar surface area (TPSA) is 29.3 Å². The Morgan fingerprint density at radius 2 is 2.21 bits per heavy atom. The van der Waals surface area contributed by atoms with E-state index in [0.29, 0.717) is 10.8 Å². The van der Waals surface area contributed by atoms with Gasteiger partial charge < -0.3 is 10.6 Å². The third kappa shape index (κ3) is 4.20. The van der Waals surface area contributed by atoms with E-state index < -0.39 is 0 Å². The molecule has 1 atom stereocenters. The molecule has 1 saturated heterocycles. The highest BCUT2D eigenvalue weighted by Gasteiger charge is 2.26. The van der Waals surface area contributed by atoms with Gasteiger partial charge in [0.05, 0.1) is 0 Å². The second-order valence-corrected chi connectivity index (χ2v) is 6.64. The first kappa shape index (κ1) is 12.3. The highest BCUT2D eigenvalue weighted by Crippen LogP contribution is 2.29. The molecule has 2 nitrogen and oxygen atoms in total. The third-order valence-electron chi connectivity index (χ3n) is 2.85. The van der Waals surface area contributed by atoms with Crippen LogP contribution in [0.5, 0.6) is 0 Å². The Morgan fingerprint density at radius 3 is 2.79 bits per heavy atom. The minimum Gasteiger partial charge on any atom is -0.328 e. The van der Waals surface area contributed by atoms with Crippen LogP contribution in [0.3, 0.4) is 0 Å². The molecule has 1 rings (SSSR count). The molecular formula is C11H24N2S. The van der Waals surface area contributed by atoms with Gasteiger partial charge in [-0.05, 0) is 33.2 Å². The van der Waals surface area contributed by atoms with E-state index in [4.69, 9.17) is 5.73 Å². The summed E-state index contributed by atoms with van der Waals surface area (Å²) in [6.07, 6.45) is 2.25. The van der Waals surface area contributed by atoms with Crippen LogP contribution in [0.2, 0.25) is 0 Å². The maximum Gasteiger partial charge on any atom is 0.0231 e. The van der Waals surface area contributed by atoms with Crippen LogP contribution in [0, 0.1) is 0 Å². The molecule has 1 fully saturated rings. The van der Waals surface area contributed by atoms with E-state index in [1.807, 2.05) is 0 Å². The second-order valence-electron chi connectivity index (χ2n) is 4.84. The number of nitrogens with two attached hydrogens (primary N) is 1. The standard InChI is InChI=1S/C11H24N2S/c1-4-10(12)5-6-13-7-8-14-11(2,3)9-13/h10H,4-9,12H2,1-3H3. The molecule has 1 aliphatic rings. The van der Waals surface area contributed by atoms with Crippen LogP contribution in [0.4, 0.5) is 0 Å². The average molecular weight is 216 g/mol. The lowest BCUT2D eigenvalue weighted by Gasteiger charge is -2.37. The molecule has 1 aliphatic heterocycles. The van der Waals surface area contributed by atoms with Crippen LogP contribution >= 0.6 is 11.8 Å². The summed E-state index contributed by atoms with van der Waals surface area (Å²) in [5, 5.41) is 0. The molecule has 84 valence electrons.